The largest absolute Gasteiger partial charge is 0.440 e. The Kier molecular flexibility index (Phi) is 3.16. The van der Waals surface area contributed by atoms with Gasteiger partial charge in [0.05, 0.1) is 12.0 Å². The molecule has 16 heavy (non-hydrogen) atoms. The zero-order chi connectivity index (χ0) is 11.5. The maximum atomic E-state index is 11.9. The first-order valence-corrected chi connectivity index (χ1v) is 5.52. The second-order valence-corrected chi connectivity index (χ2v) is 4.20. The van der Waals surface area contributed by atoms with Crippen molar-refractivity contribution >= 4 is 17.5 Å². The van der Waals surface area contributed by atoms with E-state index in [-0.39, 0.29) is 22.8 Å². The molecule has 5 heteroatoms. The van der Waals surface area contributed by atoms with E-state index in [1.165, 1.54) is 0 Å². The Bertz CT molecular complexity index is 435. The van der Waals surface area contributed by atoms with E-state index in [1.54, 1.807) is 17.0 Å². The SMILES string of the molecule is N#CC1CCCN(C(=O)c2ccc(Cl)o2)C1. The number of carbonyl (C=O) groups excluding carboxylic acids is 1. The zero-order valence-corrected chi connectivity index (χ0v) is 9.41. The topological polar surface area (TPSA) is 57.2 Å². The number of hydrogen-bond donors (Lipinski definition) is 0. The van der Waals surface area contributed by atoms with Crippen LogP contribution in [0, 0.1) is 17.2 Å². The maximum absolute atomic E-state index is 11.9. The van der Waals surface area contributed by atoms with Crippen molar-refractivity contribution in [3.05, 3.63) is 23.1 Å². The molecule has 1 amide bonds. The number of nitrogens with zero attached hydrogens (tertiary/aromatic N) is 2. The van der Waals surface area contributed by atoms with Gasteiger partial charge in [-0.1, -0.05) is 0 Å². The molecule has 1 aromatic heterocycles. The van der Waals surface area contributed by atoms with Crippen molar-refractivity contribution in [3.8, 4) is 6.07 Å². The van der Waals surface area contributed by atoms with Gasteiger partial charge in [-0.2, -0.15) is 5.26 Å². The number of rotatable bonds is 1. The molecule has 0 saturated carbocycles. The van der Waals surface area contributed by atoms with Crippen molar-refractivity contribution in [2.24, 2.45) is 5.92 Å². The van der Waals surface area contributed by atoms with Gasteiger partial charge in [0.15, 0.2) is 11.0 Å². The number of piperidine rings is 1. The van der Waals surface area contributed by atoms with Crippen LogP contribution in [0.3, 0.4) is 0 Å². The summed E-state index contributed by atoms with van der Waals surface area (Å²) in [6, 6.07) is 5.29. The van der Waals surface area contributed by atoms with Gasteiger partial charge in [-0.3, -0.25) is 4.79 Å². The molecule has 1 unspecified atom stereocenters. The fourth-order valence-electron chi connectivity index (χ4n) is 1.85. The number of halogens is 1. The van der Waals surface area contributed by atoms with Gasteiger partial charge in [-0.05, 0) is 36.6 Å². The molecule has 4 nitrogen and oxygen atoms in total. The Morgan fingerprint density at radius 3 is 3.06 bits per heavy atom. The smallest absolute Gasteiger partial charge is 0.289 e. The fourth-order valence-corrected chi connectivity index (χ4v) is 2.00. The van der Waals surface area contributed by atoms with Gasteiger partial charge in [-0.25, -0.2) is 0 Å². The average molecular weight is 239 g/mol. The Labute approximate surface area is 98.4 Å². The van der Waals surface area contributed by atoms with Crippen LogP contribution in [0.5, 0.6) is 0 Å². The summed E-state index contributed by atoms with van der Waals surface area (Å²) in [6.45, 7) is 1.16. The van der Waals surface area contributed by atoms with Gasteiger partial charge in [0, 0.05) is 13.1 Å². The fraction of sp³-hybridized carbons (Fsp3) is 0.455. The highest BCUT2D eigenvalue weighted by molar-refractivity contribution is 6.29. The summed E-state index contributed by atoms with van der Waals surface area (Å²) in [5, 5.41) is 9.04. The average Bonchev–Trinajstić information content (AvgIpc) is 2.75. The second kappa shape index (κ2) is 4.58. The lowest BCUT2D eigenvalue weighted by molar-refractivity contribution is 0.0666. The van der Waals surface area contributed by atoms with Gasteiger partial charge in [0.25, 0.3) is 5.91 Å². The van der Waals surface area contributed by atoms with Crippen LogP contribution in [-0.4, -0.2) is 23.9 Å². The van der Waals surface area contributed by atoms with Gasteiger partial charge >= 0.3 is 0 Å². The predicted molar refractivity (Wildman–Crippen MR) is 58.0 cm³/mol. The number of likely N-dealkylation sites (tertiary alicyclic amines) is 1. The first-order chi connectivity index (χ1) is 7.70. The van der Waals surface area contributed by atoms with Crippen molar-refractivity contribution in [1.82, 2.24) is 4.90 Å². The minimum atomic E-state index is -0.188. The molecular weight excluding hydrogens is 228 g/mol. The van der Waals surface area contributed by atoms with Crippen LogP contribution < -0.4 is 0 Å². The number of hydrogen-bond acceptors (Lipinski definition) is 3. The van der Waals surface area contributed by atoms with E-state index in [0.29, 0.717) is 13.1 Å². The molecule has 1 aliphatic rings. The lowest BCUT2D eigenvalue weighted by Gasteiger charge is -2.28. The molecule has 0 bridgehead atoms. The molecule has 2 rings (SSSR count). The van der Waals surface area contributed by atoms with Gasteiger partial charge < -0.3 is 9.32 Å². The van der Waals surface area contributed by atoms with Crippen LogP contribution in [0.1, 0.15) is 23.4 Å². The summed E-state index contributed by atoms with van der Waals surface area (Å²) in [5.41, 5.74) is 0. The predicted octanol–water partition coefficient (Wildman–Crippen LogP) is 2.31. The van der Waals surface area contributed by atoms with Crippen LogP contribution in [0.15, 0.2) is 16.5 Å². The molecule has 84 valence electrons. The number of carbonyl (C=O) groups is 1. The zero-order valence-electron chi connectivity index (χ0n) is 8.65. The number of amides is 1. The molecule has 1 saturated heterocycles. The molecule has 0 N–H and O–H groups in total. The molecule has 1 aliphatic heterocycles. The van der Waals surface area contributed by atoms with E-state index in [1.807, 2.05) is 0 Å². The molecule has 0 aliphatic carbocycles. The van der Waals surface area contributed by atoms with Crippen LogP contribution in [-0.2, 0) is 0 Å². The monoisotopic (exact) mass is 238 g/mol. The molecule has 0 spiro atoms. The van der Waals surface area contributed by atoms with Crippen molar-refractivity contribution in [2.45, 2.75) is 12.8 Å². The lowest BCUT2D eigenvalue weighted by Crippen LogP contribution is -2.39. The van der Waals surface area contributed by atoms with Crippen LogP contribution >= 0.6 is 11.6 Å². The third-order valence-electron chi connectivity index (χ3n) is 2.68. The first-order valence-electron chi connectivity index (χ1n) is 5.15. The Morgan fingerprint density at radius 1 is 1.62 bits per heavy atom. The second-order valence-electron chi connectivity index (χ2n) is 3.82. The lowest BCUT2D eigenvalue weighted by atomic mass is 9.99. The van der Waals surface area contributed by atoms with E-state index in [2.05, 4.69) is 6.07 Å². The summed E-state index contributed by atoms with van der Waals surface area (Å²) in [4.78, 5) is 13.6. The minimum Gasteiger partial charge on any atom is -0.440 e. The minimum absolute atomic E-state index is 0.0665. The van der Waals surface area contributed by atoms with Gasteiger partial charge in [0.2, 0.25) is 0 Å². The summed E-state index contributed by atoms with van der Waals surface area (Å²) in [5.74, 6) is -0.0152. The number of nitriles is 1. The van der Waals surface area contributed by atoms with E-state index >= 15 is 0 Å². The maximum Gasteiger partial charge on any atom is 0.289 e. The Balaban J connectivity index is 2.08. The van der Waals surface area contributed by atoms with E-state index in [0.717, 1.165) is 12.8 Å². The highest BCUT2D eigenvalue weighted by Crippen LogP contribution is 2.20. The standard InChI is InChI=1S/C11H11ClN2O2/c12-10-4-3-9(16-10)11(15)14-5-1-2-8(6-13)7-14/h3-4,8H,1-2,5,7H2. The van der Waals surface area contributed by atoms with Gasteiger partial charge in [-0.15, -0.1) is 0 Å². The summed E-state index contributed by atoms with van der Waals surface area (Å²) in [7, 11) is 0. The van der Waals surface area contributed by atoms with Gasteiger partial charge in [0.1, 0.15) is 0 Å². The molecule has 0 radical (unpaired) electrons. The summed E-state index contributed by atoms with van der Waals surface area (Å²) < 4.78 is 5.06. The number of furan rings is 1. The molecule has 2 heterocycles. The normalized spacial score (nSPS) is 20.5. The molecule has 0 aromatic carbocycles. The van der Waals surface area contributed by atoms with Crippen molar-refractivity contribution in [3.63, 3.8) is 0 Å². The Hall–Kier alpha value is -1.47. The third-order valence-corrected chi connectivity index (χ3v) is 2.88. The van der Waals surface area contributed by atoms with Crippen LogP contribution in [0.25, 0.3) is 0 Å². The van der Waals surface area contributed by atoms with Crippen molar-refractivity contribution in [2.75, 3.05) is 13.1 Å². The van der Waals surface area contributed by atoms with E-state index in [9.17, 15) is 4.79 Å². The van der Waals surface area contributed by atoms with Crippen LogP contribution in [0.2, 0.25) is 5.22 Å². The summed E-state index contributed by atoms with van der Waals surface area (Å²) >= 11 is 5.61. The highest BCUT2D eigenvalue weighted by Gasteiger charge is 2.25. The van der Waals surface area contributed by atoms with Crippen LogP contribution in [0.4, 0.5) is 0 Å². The molecule has 1 fully saturated rings. The van der Waals surface area contributed by atoms with Crippen molar-refractivity contribution < 1.29 is 9.21 Å². The van der Waals surface area contributed by atoms with E-state index in [4.69, 9.17) is 21.3 Å². The highest BCUT2D eigenvalue weighted by atomic mass is 35.5. The Morgan fingerprint density at radius 2 is 2.44 bits per heavy atom. The van der Waals surface area contributed by atoms with E-state index < -0.39 is 0 Å². The first kappa shape index (κ1) is 11.0. The molecule has 1 aromatic rings. The summed E-state index contributed by atoms with van der Waals surface area (Å²) in [6.07, 6.45) is 1.72. The quantitative estimate of drug-likeness (QED) is 0.754. The molecule has 1 atom stereocenters. The van der Waals surface area contributed by atoms with Crippen molar-refractivity contribution in [1.29, 1.82) is 5.26 Å². The third kappa shape index (κ3) is 2.20. The molecular formula is C11H11ClN2O2.